The van der Waals surface area contributed by atoms with Gasteiger partial charge in [-0.2, -0.15) is 0 Å². The number of carbonyl (C=O) groups excluding carboxylic acids is 1. The molecular formula is C12H20N2O4. The summed E-state index contributed by atoms with van der Waals surface area (Å²) in [5, 5.41) is 12.0. The summed E-state index contributed by atoms with van der Waals surface area (Å²) in [6, 6.07) is 0. The van der Waals surface area contributed by atoms with Crippen LogP contribution in [0.1, 0.15) is 32.1 Å². The number of amides is 1. The number of carbonyl (C=O) groups is 2. The fraction of sp³-hybridized carbons (Fsp3) is 0.833. The predicted molar refractivity (Wildman–Crippen MR) is 63.9 cm³/mol. The highest BCUT2D eigenvalue weighted by molar-refractivity contribution is 5.87. The molecule has 2 rings (SSSR count). The van der Waals surface area contributed by atoms with Crippen LogP contribution in [-0.4, -0.2) is 42.3 Å². The summed E-state index contributed by atoms with van der Waals surface area (Å²) in [4.78, 5) is 23.3. The van der Waals surface area contributed by atoms with E-state index in [0.717, 1.165) is 12.8 Å². The summed E-state index contributed by atoms with van der Waals surface area (Å²) >= 11 is 0. The van der Waals surface area contributed by atoms with Crippen LogP contribution in [0.2, 0.25) is 0 Å². The summed E-state index contributed by atoms with van der Waals surface area (Å²) in [6.07, 6.45) is 3.53. The normalized spacial score (nSPS) is 30.3. The van der Waals surface area contributed by atoms with E-state index in [1.54, 1.807) is 0 Å². The Labute approximate surface area is 106 Å². The van der Waals surface area contributed by atoms with E-state index in [4.69, 9.17) is 10.5 Å². The number of nitrogens with two attached hydrogens (primary N) is 1. The molecule has 1 amide bonds. The van der Waals surface area contributed by atoms with Crippen molar-refractivity contribution in [1.82, 2.24) is 5.32 Å². The fourth-order valence-electron chi connectivity index (χ4n) is 2.70. The Morgan fingerprint density at radius 1 is 1.28 bits per heavy atom. The molecule has 0 radical (unpaired) electrons. The zero-order valence-corrected chi connectivity index (χ0v) is 10.4. The Balaban J connectivity index is 1.94. The lowest BCUT2D eigenvalue weighted by molar-refractivity contribution is -0.148. The van der Waals surface area contributed by atoms with Gasteiger partial charge in [0.15, 0.2) is 0 Å². The molecule has 6 nitrogen and oxygen atoms in total. The highest BCUT2D eigenvalue weighted by atomic mass is 16.5. The number of hydrogen-bond acceptors (Lipinski definition) is 4. The average molecular weight is 256 g/mol. The van der Waals surface area contributed by atoms with Gasteiger partial charge in [-0.1, -0.05) is 12.8 Å². The second kappa shape index (κ2) is 4.85. The van der Waals surface area contributed by atoms with E-state index in [1.165, 1.54) is 0 Å². The van der Waals surface area contributed by atoms with Crippen LogP contribution in [0, 0.1) is 5.41 Å². The maximum Gasteiger partial charge on any atom is 0.311 e. The van der Waals surface area contributed by atoms with Crippen LogP contribution in [0.15, 0.2) is 0 Å². The molecule has 1 saturated carbocycles. The largest absolute Gasteiger partial charge is 0.481 e. The molecule has 0 spiro atoms. The molecule has 1 aliphatic heterocycles. The minimum absolute atomic E-state index is 0.167. The van der Waals surface area contributed by atoms with Crippen LogP contribution in [0.4, 0.5) is 0 Å². The van der Waals surface area contributed by atoms with Gasteiger partial charge in [-0.25, -0.2) is 0 Å². The second-order valence-corrected chi connectivity index (χ2v) is 5.43. The molecule has 0 bridgehead atoms. The van der Waals surface area contributed by atoms with Gasteiger partial charge in [0, 0.05) is 13.2 Å². The molecule has 0 aromatic rings. The van der Waals surface area contributed by atoms with Crippen LogP contribution in [0.5, 0.6) is 0 Å². The number of ether oxygens (including phenoxy) is 1. The monoisotopic (exact) mass is 256 g/mol. The standard InChI is InChI=1S/C12H20N2O4/c13-12(5-6-18-8-12)9(15)14-7-11(10(16)17)3-1-2-4-11/h1-8,13H2,(H,14,15)(H,16,17). The molecule has 1 heterocycles. The van der Waals surface area contributed by atoms with Crippen molar-refractivity contribution in [2.45, 2.75) is 37.6 Å². The van der Waals surface area contributed by atoms with Crippen LogP contribution in [0.3, 0.4) is 0 Å². The van der Waals surface area contributed by atoms with Crippen molar-refractivity contribution < 1.29 is 19.4 Å². The Hall–Kier alpha value is -1.14. The minimum atomic E-state index is -0.988. The molecule has 1 aliphatic carbocycles. The lowest BCUT2D eigenvalue weighted by Gasteiger charge is -2.27. The van der Waals surface area contributed by atoms with E-state index in [-0.39, 0.29) is 19.1 Å². The lowest BCUT2D eigenvalue weighted by atomic mass is 9.86. The van der Waals surface area contributed by atoms with Gasteiger partial charge in [0.1, 0.15) is 5.54 Å². The summed E-state index contributed by atoms with van der Waals surface area (Å²) < 4.78 is 5.12. The van der Waals surface area contributed by atoms with Crippen molar-refractivity contribution in [2.24, 2.45) is 11.1 Å². The van der Waals surface area contributed by atoms with Crippen LogP contribution < -0.4 is 11.1 Å². The van der Waals surface area contributed by atoms with Crippen LogP contribution in [0.25, 0.3) is 0 Å². The molecule has 4 N–H and O–H groups in total. The van der Waals surface area contributed by atoms with Crippen molar-refractivity contribution in [3.05, 3.63) is 0 Å². The third kappa shape index (κ3) is 2.35. The number of carboxylic acids is 1. The maximum absolute atomic E-state index is 12.0. The lowest BCUT2D eigenvalue weighted by Crippen LogP contribution is -2.56. The molecule has 6 heteroatoms. The maximum atomic E-state index is 12.0. The Morgan fingerprint density at radius 2 is 1.94 bits per heavy atom. The first-order valence-corrected chi connectivity index (χ1v) is 6.37. The smallest absolute Gasteiger partial charge is 0.311 e. The number of carboxylic acid groups (broad SMARTS) is 1. The van der Waals surface area contributed by atoms with Crippen molar-refractivity contribution in [3.8, 4) is 0 Å². The highest BCUT2D eigenvalue weighted by Gasteiger charge is 2.44. The molecular weight excluding hydrogens is 236 g/mol. The topological polar surface area (TPSA) is 102 Å². The molecule has 2 aliphatic rings. The van der Waals surface area contributed by atoms with E-state index in [9.17, 15) is 14.7 Å². The van der Waals surface area contributed by atoms with Crippen LogP contribution in [-0.2, 0) is 14.3 Å². The molecule has 18 heavy (non-hydrogen) atoms. The number of aliphatic carboxylic acids is 1. The summed E-state index contributed by atoms with van der Waals surface area (Å²) in [6.45, 7) is 0.854. The fourth-order valence-corrected chi connectivity index (χ4v) is 2.70. The molecule has 2 fully saturated rings. The van der Waals surface area contributed by atoms with Crippen LogP contribution >= 0.6 is 0 Å². The van der Waals surface area contributed by atoms with Gasteiger partial charge in [-0.05, 0) is 19.3 Å². The zero-order chi connectivity index (χ0) is 13.2. The van der Waals surface area contributed by atoms with Gasteiger partial charge in [-0.3, -0.25) is 9.59 Å². The highest BCUT2D eigenvalue weighted by Crippen LogP contribution is 2.37. The SMILES string of the molecule is NC1(C(=O)NCC2(C(=O)O)CCCC2)CCOC1. The summed E-state index contributed by atoms with van der Waals surface area (Å²) in [5.74, 6) is -1.12. The van der Waals surface area contributed by atoms with E-state index < -0.39 is 16.9 Å². The van der Waals surface area contributed by atoms with Crippen molar-refractivity contribution in [3.63, 3.8) is 0 Å². The molecule has 0 aromatic heterocycles. The Bertz CT molecular complexity index is 344. The number of nitrogens with one attached hydrogen (secondary N) is 1. The van der Waals surface area contributed by atoms with E-state index in [0.29, 0.717) is 25.9 Å². The van der Waals surface area contributed by atoms with Gasteiger partial charge in [-0.15, -0.1) is 0 Å². The minimum Gasteiger partial charge on any atom is -0.481 e. The summed E-state index contributed by atoms with van der Waals surface area (Å²) in [7, 11) is 0. The average Bonchev–Trinajstić information content (AvgIpc) is 2.96. The van der Waals surface area contributed by atoms with Gasteiger partial charge < -0.3 is 20.9 Å². The zero-order valence-electron chi connectivity index (χ0n) is 10.4. The molecule has 1 atom stereocenters. The first-order chi connectivity index (χ1) is 8.49. The first-order valence-electron chi connectivity index (χ1n) is 6.37. The van der Waals surface area contributed by atoms with Crippen molar-refractivity contribution in [1.29, 1.82) is 0 Å². The van der Waals surface area contributed by atoms with Gasteiger partial charge in [0.05, 0.1) is 12.0 Å². The predicted octanol–water partition coefficient (Wildman–Crippen LogP) is -0.135. The number of rotatable bonds is 4. The first kappa shape index (κ1) is 13.3. The second-order valence-electron chi connectivity index (χ2n) is 5.43. The Kier molecular flexibility index (Phi) is 3.59. The third-order valence-electron chi connectivity index (χ3n) is 4.11. The van der Waals surface area contributed by atoms with Gasteiger partial charge >= 0.3 is 5.97 Å². The van der Waals surface area contributed by atoms with Gasteiger partial charge in [0.2, 0.25) is 5.91 Å². The number of hydrogen-bond donors (Lipinski definition) is 3. The molecule has 1 unspecified atom stereocenters. The van der Waals surface area contributed by atoms with E-state index in [1.807, 2.05) is 0 Å². The summed E-state index contributed by atoms with van der Waals surface area (Å²) in [5.41, 5.74) is 4.13. The molecule has 102 valence electrons. The Morgan fingerprint density at radius 3 is 2.44 bits per heavy atom. The quantitative estimate of drug-likeness (QED) is 0.650. The van der Waals surface area contributed by atoms with E-state index >= 15 is 0 Å². The molecule has 0 aromatic carbocycles. The molecule has 1 saturated heterocycles. The van der Waals surface area contributed by atoms with Gasteiger partial charge in [0.25, 0.3) is 0 Å². The third-order valence-corrected chi connectivity index (χ3v) is 4.11. The van der Waals surface area contributed by atoms with Crippen molar-refractivity contribution >= 4 is 11.9 Å². The van der Waals surface area contributed by atoms with Crippen molar-refractivity contribution in [2.75, 3.05) is 19.8 Å². The van der Waals surface area contributed by atoms with E-state index in [2.05, 4.69) is 5.32 Å².